The highest BCUT2D eigenvalue weighted by Gasteiger charge is 2.19. The van der Waals surface area contributed by atoms with E-state index >= 15 is 0 Å². The summed E-state index contributed by atoms with van der Waals surface area (Å²) in [5.74, 6) is 1.89. The van der Waals surface area contributed by atoms with E-state index in [4.69, 9.17) is 4.74 Å². The number of rotatable bonds is 7. The lowest BCUT2D eigenvalue weighted by Crippen LogP contribution is -2.23. The zero-order valence-electron chi connectivity index (χ0n) is 10.8. The molecule has 1 N–H and O–H groups in total. The van der Waals surface area contributed by atoms with Crippen LogP contribution in [0.1, 0.15) is 12.8 Å². The maximum absolute atomic E-state index is 5.71. The van der Waals surface area contributed by atoms with Gasteiger partial charge in [-0.25, -0.2) is 0 Å². The van der Waals surface area contributed by atoms with Crippen LogP contribution in [0.3, 0.4) is 0 Å². The van der Waals surface area contributed by atoms with Crippen molar-refractivity contribution in [1.29, 1.82) is 0 Å². The molecule has 1 aliphatic rings. The molecule has 94 valence electrons. The molecule has 0 atom stereocenters. The molecule has 1 aromatic carbocycles. The molecule has 17 heavy (non-hydrogen) atoms. The number of anilines is 1. The first kappa shape index (κ1) is 12.2. The highest BCUT2D eigenvalue weighted by atomic mass is 16.5. The van der Waals surface area contributed by atoms with Crippen molar-refractivity contribution in [1.82, 2.24) is 5.32 Å². The fourth-order valence-electron chi connectivity index (χ4n) is 1.72. The standard InChI is InChI=1S/C14H22N2O/c1-16(2)13-4-3-5-14(10-13)17-9-8-15-11-12-6-7-12/h3-5,10,12,15H,6-9,11H2,1-2H3. The summed E-state index contributed by atoms with van der Waals surface area (Å²) in [6, 6.07) is 8.19. The number of hydrogen-bond donors (Lipinski definition) is 1. The van der Waals surface area contributed by atoms with Gasteiger partial charge in [0.2, 0.25) is 0 Å². The van der Waals surface area contributed by atoms with E-state index in [9.17, 15) is 0 Å². The molecule has 0 bridgehead atoms. The molecule has 3 heteroatoms. The summed E-state index contributed by atoms with van der Waals surface area (Å²) in [6.45, 7) is 2.83. The normalized spacial score (nSPS) is 14.7. The van der Waals surface area contributed by atoms with E-state index in [0.717, 1.165) is 31.4 Å². The molecule has 1 saturated carbocycles. The van der Waals surface area contributed by atoms with Gasteiger partial charge in [0, 0.05) is 32.4 Å². The number of benzene rings is 1. The number of nitrogens with zero attached hydrogens (tertiary/aromatic N) is 1. The molecule has 0 spiro atoms. The van der Waals surface area contributed by atoms with Gasteiger partial charge in [-0.2, -0.15) is 0 Å². The minimum absolute atomic E-state index is 0.740. The molecular weight excluding hydrogens is 212 g/mol. The minimum Gasteiger partial charge on any atom is -0.492 e. The first-order chi connectivity index (χ1) is 8.25. The SMILES string of the molecule is CN(C)c1cccc(OCCNCC2CC2)c1. The quantitative estimate of drug-likeness (QED) is 0.731. The van der Waals surface area contributed by atoms with Gasteiger partial charge in [-0.1, -0.05) is 6.07 Å². The Hall–Kier alpha value is -1.22. The second-order valence-electron chi connectivity index (χ2n) is 4.89. The van der Waals surface area contributed by atoms with Crippen LogP contribution >= 0.6 is 0 Å². The second kappa shape index (κ2) is 5.92. The van der Waals surface area contributed by atoms with E-state index in [1.54, 1.807) is 0 Å². The highest BCUT2D eigenvalue weighted by molar-refractivity contribution is 5.49. The van der Waals surface area contributed by atoms with Crippen LogP contribution in [0.5, 0.6) is 5.75 Å². The van der Waals surface area contributed by atoms with Crippen LogP contribution in [0.15, 0.2) is 24.3 Å². The summed E-state index contributed by atoms with van der Waals surface area (Å²) in [7, 11) is 4.08. The highest BCUT2D eigenvalue weighted by Crippen LogP contribution is 2.27. The molecular formula is C14H22N2O. The average molecular weight is 234 g/mol. The summed E-state index contributed by atoms with van der Waals surface area (Å²) in [4.78, 5) is 2.08. The van der Waals surface area contributed by atoms with Crippen molar-refractivity contribution in [2.75, 3.05) is 38.7 Å². The van der Waals surface area contributed by atoms with Crippen molar-refractivity contribution in [3.8, 4) is 5.75 Å². The maximum atomic E-state index is 5.71. The Balaban J connectivity index is 1.68. The lowest BCUT2D eigenvalue weighted by Gasteiger charge is -2.14. The lowest BCUT2D eigenvalue weighted by atomic mass is 10.3. The zero-order valence-corrected chi connectivity index (χ0v) is 10.8. The molecule has 2 rings (SSSR count). The molecule has 0 unspecified atom stereocenters. The Labute approximate surface area is 104 Å². The molecule has 1 fully saturated rings. The van der Waals surface area contributed by atoms with E-state index in [2.05, 4.69) is 22.3 Å². The second-order valence-corrected chi connectivity index (χ2v) is 4.89. The summed E-state index contributed by atoms with van der Waals surface area (Å²) < 4.78 is 5.71. The molecule has 1 aliphatic carbocycles. The monoisotopic (exact) mass is 234 g/mol. The zero-order chi connectivity index (χ0) is 12.1. The molecule has 0 radical (unpaired) electrons. The van der Waals surface area contributed by atoms with Crippen molar-refractivity contribution in [2.45, 2.75) is 12.8 Å². The summed E-state index contributed by atoms with van der Waals surface area (Å²) >= 11 is 0. The largest absolute Gasteiger partial charge is 0.492 e. The molecule has 0 heterocycles. The van der Waals surface area contributed by atoms with Crippen LogP contribution < -0.4 is 15.0 Å². The van der Waals surface area contributed by atoms with E-state index in [-0.39, 0.29) is 0 Å². The van der Waals surface area contributed by atoms with Crippen LogP contribution in [0.4, 0.5) is 5.69 Å². The number of ether oxygens (including phenoxy) is 1. The molecule has 0 aliphatic heterocycles. The van der Waals surface area contributed by atoms with Crippen molar-refractivity contribution >= 4 is 5.69 Å². The molecule has 0 aromatic heterocycles. The maximum Gasteiger partial charge on any atom is 0.121 e. The van der Waals surface area contributed by atoms with Gasteiger partial charge in [-0.15, -0.1) is 0 Å². The topological polar surface area (TPSA) is 24.5 Å². The number of hydrogen-bond acceptors (Lipinski definition) is 3. The van der Waals surface area contributed by atoms with Gasteiger partial charge in [-0.05, 0) is 37.4 Å². The molecule has 1 aromatic rings. The Kier molecular flexibility index (Phi) is 4.26. The van der Waals surface area contributed by atoms with Gasteiger partial charge in [0.05, 0.1) is 0 Å². The first-order valence-corrected chi connectivity index (χ1v) is 6.36. The third-order valence-electron chi connectivity index (χ3n) is 3.01. The number of nitrogens with one attached hydrogen (secondary N) is 1. The van der Waals surface area contributed by atoms with E-state index in [0.29, 0.717) is 0 Å². The Bertz CT molecular complexity index is 348. The third kappa shape index (κ3) is 4.27. The summed E-state index contributed by atoms with van der Waals surface area (Å²) in [5.41, 5.74) is 1.17. The molecule has 0 amide bonds. The van der Waals surface area contributed by atoms with Crippen LogP contribution in [0.25, 0.3) is 0 Å². The van der Waals surface area contributed by atoms with Gasteiger partial charge in [0.25, 0.3) is 0 Å². The van der Waals surface area contributed by atoms with Gasteiger partial charge in [-0.3, -0.25) is 0 Å². The predicted molar refractivity (Wildman–Crippen MR) is 71.9 cm³/mol. The average Bonchev–Trinajstić information content (AvgIpc) is 3.13. The van der Waals surface area contributed by atoms with Gasteiger partial charge < -0.3 is 15.0 Å². The van der Waals surface area contributed by atoms with Crippen LogP contribution in [-0.4, -0.2) is 33.8 Å². The fourth-order valence-corrected chi connectivity index (χ4v) is 1.72. The van der Waals surface area contributed by atoms with E-state index in [1.165, 1.54) is 18.5 Å². The van der Waals surface area contributed by atoms with E-state index < -0.39 is 0 Å². The van der Waals surface area contributed by atoms with Gasteiger partial charge in [0.1, 0.15) is 12.4 Å². The smallest absolute Gasteiger partial charge is 0.121 e. The Morgan fingerprint density at radius 3 is 2.88 bits per heavy atom. The summed E-state index contributed by atoms with van der Waals surface area (Å²) in [6.07, 6.45) is 2.80. The Morgan fingerprint density at radius 1 is 1.35 bits per heavy atom. The van der Waals surface area contributed by atoms with Crippen molar-refractivity contribution in [3.05, 3.63) is 24.3 Å². The van der Waals surface area contributed by atoms with Crippen LogP contribution in [-0.2, 0) is 0 Å². The minimum atomic E-state index is 0.740. The van der Waals surface area contributed by atoms with Crippen molar-refractivity contribution in [3.63, 3.8) is 0 Å². The lowest BCUT2D eigenvalue weighted by molar-refractivity contribution is 0.313. The van der Waals surface area contributed by atoms with Crippen LogP contribution in [0, 0.1) is 5.92 Å². The third-order valence-corrected chi connectivity index (χ3v) is 3.01. The van der Waals surface area contributed by atoms with Gasteiger partial charge >= 0.3 is 0 Å². The van der Waals surface area contributed by atoms with Crippen molar-refractivity contribution in [2.24, 2.45) is 5.92 Å². The predicted octanol–water partition coefficient (Wildman–Crippen LogP) is 2.13. The Morgan fingerprint density at radius 2 is 2.18 bits per heavy atom. The molecule has 0 saturated heterocycles. The molecule has 3 nitrogen and oxygen atoms in total. The first-order valence-electron chi connectivity index (χ1n) is 6.36. The van der Waals surface area contributed by atoms with Crippen molar-refractivity contribution < 1.29 is 4.74 Å². The van der Waals surface area contributed by atoms with Gasteiger partial charge in [0.15, 0.2) is 0 Å². The fraction of sp³-hybridized carbons (Fsp3) is 0.571. The summed E-state index contributed by atoms with van der Waals surface area (Å²) in [5, 5.41) is 3.42. The van der Waals surface area contributed by atoms with E-state index in [1.807, 2.05) is 26.2 Å². The van der Waals surface area contributed by atoms with Crippen LogP contribution in [0.2, 0.25) is 0 Å².